The van der Waals surface area contributed by atoms with Gasteiger partial charge in [-0.3, -0.25) is 0 Å². The van der Waals surface area contributed by atoms with E-state index in [1.165, 1.54) is 11.1 Å². The first kappa shape index (κ1) is 14.8. The zero-order valence-electron chi connectivity index (χ0n) is 13.2. The molecular formula is C17H23NO2. The highest BCUT2D eigenvalue weighted by Crippen LogP contribution is 2.31. The van der Waals surface area contributed by atoms with Crippen molar-refractivity contribution in [2.75, 3.05) is 0 Å². The normalized spacial score (nSPS) is 12.9. The number of hydrogen-bond acceptors (Lipinski definition) is 3. The molecule has 1 heterocycles. The summed E-state index contributed by atoms with van der Waals surface area (Å²) in [5, 5.41) is 4.04. The number of ether oxygens (including phenoxy) is 1. The number of aromatic nitrogens is 1. The van der Waals surface area contributed by atoms with E-state index in [1.54, 1.807) is 0 Å². The molecule has 2 aromatic rings. The summed E-state index contributed by atoms with van der Waals surface area (Å²) in [6.07, 6.45) is 0.294. The highest BCUT2D eigenvalue weighted by Gasteiger charge is 2.15. The van der Waals surface area contributed by atoms with Gasteiger partial charge in [-0.2, -0.15) is 0 Å². The summed E-state index contributed by atoms with van der Waals surface area (Å²) in [5.41, 5.74) is 5.57. The van der Waals surface area contributed by atoms with Crippen molar-refractivity contribution in [3.63, 3.8) is 0 Å². The number of rotatable bonds is 4. The van der Waals surface area contributed by atoms with Crippen molar-refractivity contribution in [2.24, 2.45) is 0 Å². The molecule has 0 N–H and O–H groups in total. The third-order valence-corrected chi connectivity index (χ3v) is 3.37. The second-order valence-electron chi connectivity index (χ2n) is 5.66. The Hall–Kier alpha value is -1.61. The van der Waals surface area contributed by atoms with Gasteiger partial charge in [0.2, 0.25) is 0 Å². The van der Waals surface area contributed by atoms with E-state index < -0.39 is 0 Å². The lowest BCUT2D eigenvalue weighted by atomic mass is 9.97. The zero-order valence-corrected chi connectivity index (χ0v) is 13.2. The van der Waals surface area contributed by atoms with Crippen molar-refractivity contribution < 1.29 is 9.26 Å². The van der Waals surface area contributed by atoms with E-state index in [0.717, 1.165) is 22.6 Å². The van der Waals surface area contributed by atoms with Crippen LogP contribution >= 0.6 is 0 Å². The summed E-state index contributed by atoms with van der Waals surface area (Å²) in [7, 11) is 0. The molecule has 20 heavy (non-hydrogen) atoms. The van der Waals surface area contributed by atoms with Crippen LogP contribution in [0.1, 0.15) is 49.5 Å². The molecule has 0 bridgehead atoms. The minimum absolute atomic E-state index is 0.0779. The fourth-order valence-corrected chi connectivity index (χ4v) is 2.57. The molecule has 0 aliphatic carbocycles. The van der Waals surface area contributed by atoms with Gasteiger partial charge in [0.15, 0.2) is 0 Å². The Kier molecular flexibility index (Phi) is 4.29. The van der Waals surface area contributed by atoms with E-state index in [1.807, 2.05) is 13.8 Å². The van der Waals surface area contributed by atoms with Crippen LogP contribution in [0, 0.1) is 20.8 Å². The molecular weight excluding hydrogens is 250 g/mol. The quantitative estimate of drug-likeness (QED) is 0.806. The fourth-order valence-electron chi connectivity index (χ4n) is 2.57. The van der Waals surface area contributed by atoms with Crippen LogP contribution in [0.4, 0.5) is 0 Å². The Morgan fingerprint density at radius 1 is 1.05 bits per heavy atom. The first-order valence-corrected chi connectivity index (χ1v) is 7.08. The number of hydrogen-bond donors (Lipinski definition) is 0. The summed E-state index contributed by atoms with van der Waals surface area (Å²) < 4.78 is 11.2. The average molecular weight is 273 g/mol. The Bertz CT molecular complexity index is 580. The van der Waals surface area contributed by atoms with Gasteiger partial charge in [-0.25, -0.2) is 0 Å². The summed E-state index contributed by atoms with van der Waals surface area (Å²) in [6, 6.07) is 6.51. The topological polar surface area (TPSA) is 35.3 Å². The van der Waals surface area contributed by atoms with Gasteiger partial charge in [0.05, 0.1) is 17.9 Å². The molecule has 108 valence electrons. The monoisotopic (exact) mass is 273 g/mol. The van der Waals surface area contributed by atoms with E-state index in [9.17, 15) is 0 Å². The summed E-state index contributed by atoms with van der Waals surface area (Å²) >= 11 is 0. The SMILES string of the molecule is Cc1cc(-c2c(C)noc2C)cc(C(C)OC(C)C)c1. The average Bonchev–Trinajstić information content (AvgIpc) is 2.67. The molecule has 2 rings (SSSR count). The standard InChI is InChI=1S/C17H23NO2/c1-10(2)19-13(5)15-7-11(3)8-16(9-15)17-12(4)18-20-14(17)6/h7-10,13H,1-6H3. The van der Waals surface area contributed by atoms with Crippen LogP contribution in [0.2, 0.25) is 0 Å². The van der Waals surface area contributed by atoms with Crippen molar-refractivity contribution in [1.29, 1.82) is 0 Å². The van der Waals surface area contributed by atoms with Crippen LogP contribution in [0.5, 0.6) is 0 Å². The van der Waals surface area contributed by atoms with Gasteiger partial charge in [0.25, 0.3) is 0 Å². The molecule has 0 fully saturated rings. The molecule has 1 unspecified atom stereocenters. The van der Waals surface area contributed by atoms with Crippen molar-refractivity contribution in [1.82, 2.24) is 5.16 Å². The smallest absolute Gasteiger partial charge is 0.141 e. The predicted octanol–water partition coefficient (Wildman–Crippen LogP) is 4.75. The Labute approximate surface area is 120 Å². The first-order chi connectivity index (χ1) is 9.38. The number of nitrogens with zero attached hydrogens (tertiary/aromatic N) is 1. The maximum absolute atomic E-state index is 5.88. The molecule has 0 radical (unpaired) electrons. The van der Waals surface area contributed by atoms with Crippen LogP contribution < -0.4 is 0 Å². The molecule has 0 amide bonds. The van der Waals surface area contributed by atoms with Gasteiger partial charge in [-0.05, 0) is 58.7 Å². The van der Waals surface area contributed by atoms with E-state index >= 15 is 0 Å². The van der Waals surface area contributed by atoms with Crippen LogP contribution in [0.15, 0.2) is 22.7 Å². The maximum Gasteiger partial charge on any atom is 0.141 e. The minimum Gasteiger partial charge on any atom is -0.371 e. The van der Waals surface area contributed by atoms with E-state index in [2.05, 4.69) is 51.1 Å². The summed E-state index contributed by atoms with van der Waals surface area (Å²) in [5.74, 6) is 0.858. The van der Waals surface area contributed by atoms with Gasteiger partial charge in [0, 0.05) is 5.56 Å². The molecule has 0 saturated carbocycles. The van der Waals surface area contributed by atoms with Crippen LogP contribution in [0.25, 0.3) is 11.1 Å². The van der Waals surface area contributed by atoms with Crippen molar-refractivity contribution in [3.05, 3.63) is 40.8 Å². The van der Waals surface area contributed by atoms with Gasteiger partial charge in [-0.15, -0.1) is 0 Å². The number of aryl methyl sites for hydroxylation is 3. The maximum atomic E-state index is 5.88. The second kappa shape index (κ2) is 5.80. The first-order valence-electron chi connectivity index (χ1n) is 7.08. The highest BCUT2D eigenvalue weighted by molar-refractivity contribution is 5.69. The largest absolute Gasteiger partial charge is 0.371 e. The number of benzene rings is 1. The van der Waals surface area contributed by atoms with Gasteiger partial charge < -0.3 is 9.26 Å². The molecule has 3 heteroatoms. The van der Waals surface area contributed by atoms with Crippen LogP contribution in [-0.4, -0.2) is 11.3 Å². The lowest BCUT2D eigenvalue weighted by Gasteiger charge is -2.18. The fraction of sp³-hybridized carbons (Fsp3) is 0.471. The lowest BCUT2D eigenvalue weighted by Crippen LogP contribution is -2.07. The summed E-state index contributed by atoms with van der Waals surface area (Å²) in [4.78, 5) is 0. The third kappa shape index (κ3) is 3.10. The summed E-state index contributed by atoms with van der Waals surface area (Å²) in [6.45, 7) is 12.2. The van der Waals surface area contributed by atoms with Crippen molar-refractivity contribution in [2.45, 2.75) is 53.8 Å². The van der Waals surface area contributed by atoms with E-state index in [0.29, 0.717) is 0 Å². The predicted molar refractivity (Wildman–Crippen MR) is 80.8 cm³/mol. The van der Waals surface area contributed by atoms with Gasteiger partial charge in [-0.1, -0.05) is 22.9 Å². The van der Waals surface area contributed by atoms with Gasteiger partial charge in [0.1, 0.15) is 5.76 Å². The Morgan fingerprint density at radius 3 is 2.30 bits per heavy atom. The van der Waals surface area contributed by atoms with E-state index in [4.69, 9.17) is 9.26 Å². The molecule has 1 aromatic heterocycles. The molecule has 1 atom stereocenters. The molecule has 1 aromatic carbocycles. The second-order valence-corrected chi connectivity index (χ2v) is 5.66. The molecule has 0 spiro atoms. The minimum atomic E-state index is 0.0779. The van der Waals surface area contributed by atoms with E-state index in [-0.39, 0.29) is 12.2 Å². The zero-order chi connectivity index (χ0) is 14.9. The van der Waals surface area contributed by atoms with Crippen molar-refractivity contribution in [3.8, 4) is 11.1 Å². The highest BCUT2D eigenvalue weighted by atomic mass is 16.5. The Morgan fingerprint density at radius 2 is 1.75 bits per heavy atom. The molecule has 0 saturated heterocycles. The molecule has 0 aliphatic heterocycles. The van der Waals surface area contributed by atoms with Gasteiger partial charge >= 0.3 is 0 Å². The Balaban J connectivity index is 2.44. The van der Waals surface area contributed by atoms with Crippen molar-refractivity contribution >= 4 is 0 Å². The molecule has 0 aliphatic rings. The third-order valence-electron chi connectivity index (χ3n) is 3.37. The lowest BCUT2D eigenvalue weighted by molar-refractivity contribution is 0.0178. The van der Waals surface area contributed by atoms with Crippen LogP contribution in [-0.2, 0) is 4.74 Å². The molecule has 3 nitrogen and oxygen atoms in total. The van der Waals surface area contributed by atoms with Crippen LogP contribution in [0.3, 0.4) is 0 Å².